The van der Waals surface area contributed by atoms with Crippen LogP contribution in [0, 0.1) is 5.41 Å². The number of halogens is 1. The lowest BCUT2D eigenvalue weighted by Gasteiger charge is -2.23. The Kier molecular flexibility index (Phi) is 6.94. The lowest BCUT2D eigenvalue weighted by Crippen LogP contribution is -2.22. The number of rotatable bonds is 7. The van der Waals surface area contributed by atoms with Gasteiger partial charge in [0.05, 0.1) is 0 Å². The Morgan fingerprint density at radius 1 is 1.31 bits per heavy atom. The van der Waals surface area contributed by atoms with Crippen molar-refractivity contribution in [3.8, 4) is 0 Å². The molecular weight excluding hydrogens is 268 g/mol. The van der Waals surface area contributed by atoms with Gasteiger partial charge in [-0.3, -0.25) is 0 Å². The van der Waals surface area contributed by atoms with Crippen molar-refractivity contribution in [2.75, 3.05) is 18.5 Å². The SMILES string of the molecule is CC(C)(CBr)CCCCOC1CCCCO1. The first-order valence-electron chi connectivity index (χ1n) is 6.43. The number of hydrogen-bond donors (Lipinski definition) is 0. The fourth-order valence-corrected chi connectivity index (χ4v) is 2.11. The van der Waals surface area contributed by atoms with E-state index in [0.29, 0.717) is 5.41 Å². The first-order chi connectivity index (χ1) is 7.64. The molecule has 1 atom stereocenters. The quantitative estimate of drug-likeness (QED) is 0.519. The highest BCUT2D eigenvalue weighted by Crippen LogP contribution is 2.25. The molecule has 0 radical (unpaired) electrons. The molecule has 1 saturated heterocycles. The zero-order valence-electron chi connectivity index (χ0n) is 10.6. The van der Waals surface area contributed by atoms with Gasteiger partial charge in [0.25, 0.3) is 0 Å². The van der Waals surface area contributed by atoms with Crippen LogP contribution in [0.3, 0.4) is 0 Å². The molecule has 0 N–H and O–H groups in total. The van der Waals surface area contributed by atoms with Crippen molar-refractivity contribution in [3.05, 3.63) is 0 Å². The van der Waals surface area contributed by atoms with Crippen molar-refractivity contribution in [1.29, 1.82) is 0 Å². The van der Waals surface area contributed by atoms with Crippen LogP contribution in [0.25, 0.3) is 0 Å². The lowest BCUT2D eigenvalue weighted by atomic mass is 9.90. The number of hydrogen-bond acceptors (Lipinski definition) is 2. The first-order valence-corrected chi connectivity index (χ1v) is 7.55. The van der Waals surface area contributed by atoms with E-state index >= 15 is 0 Å². The van der Waals surface area contributed by atoms with Gasteiger partial charge >= 0.3 is 0 Å². The third-order valence-corrected chi connectivity index (χ3v) is 4.57. The Balaban J connectivity index is 1.95. The van der Waals surface area contributed by atoms with Crippen LogP contribution in [0.1, 0.15) is 52.4 Å². The van der Waals surface area contributed by atoms with Crippen molar-refractivity contribution in [2.45, 2.75) is 58.7 Å². The maximum atomic E-state index is 5.70. The zero-order chi connectivity index (χ0) is 11.9. The predicted octanol–water partition coefficient (Wildman–Crippen LogP) is 4.12. The molecule has 1 fully saturated rings. The molecule has 1 unspecified atom stereocenters. The molecule has 0 spiro atoms. The minimum absolute atomic E-state index is 0.0814. The molecule has 1 aliphatic rings. The minimum Gasteiger partial charge on any atom is -0.353 e. The Hall–Kier alpha value is 0.400. The highest BCUT2D eigenvalue weighted by molar-refractivity contribution is 9.09. The summed E-state index contributed by atoms with van der Waals surface area (Å²) >= 11 is 3.55. The molecule has 0 amide bonds. The third-order valence-electron chi connectivity index (χ3n) is 3.05. The smallest absolute Gasteiger partial charge is 0.157 e. The molecule has 1 aliphatic heterocycles. The van der Waals surface area contributed by atoms with Crippen molar-refractivity contribution in [1.82, 2.24) is 0 Å². The minimum atomic E-state index is 0.0814. The van der Waals surface area contributed by atoms with Gasteiger partial charge in [0.1, 0.15) is 0 Å². The van der Waals surface area contributed by atoms with Crippen molar-refractivity contribution >= 4 is 15.9 Å². The highest BCUT2D eigenvalue weighted by Gasteiger charge is 2.16. The predicted molar refractivity (Wildman–Crippen MR) is 71.0 cm³/mol. The first kappa shape index (κ1) is 14.5. The van der Waals surface area contributed by atoms with Crippen LogP contribution in [0.15, 0.2) is 0 Å². The van der Waals surface area contributed by atoms with Crippen LogP contribution in [0.4, 0.5) is 0 Å². The summed E-state index contributed by atoms with van der Waals surface area (Å²) in [4.78, 5) is 0. The van der Waals surface area contributed by atoms with E-state index in [9.17, 15) is 0 Å². The fraction of sp³-hybridized carbons (Fsp3) is 1.00. The van der Waals surface area contributed by atoms with Crippen LogP contribution in [-0.2, 0) is 9.47 Å². The molecule has 3 heteroatoms. The summed E-state index contributed by atoms with van der Waals surface area (Å²) in [6.45, 7) is 6.32. The second-order valence-electron chi connectivity index (χ2n) is 5.42. The van der Waals surface area contributed by atoms with E-state index < -0.39 is 0 Å². The Morgan fingerprint density at radius 3 is 2.75 bits per heavy atom. The molecular formula is C13H25BrO2. The molecule has 0 aliphatic carbocycles. The lowest BCUT2D eigenvalue weighted by molar-refractivity contribution is -0.162. The molecule has 96 valence electrons. The van der Waals surface area contributed by atoms with Crippen LogP contribution in [-0.4, -0.2) is 24.8 Å². The summed E-state index contributed by atoms with van der Waals surface area (Å²) in [6, 6.07) is 0. The van der Waals surface area contributed by atoms with Crippen LogP contribution in [0.5, 0.6) is 0 Å². The van der Waals surface area contributed by atoms with Crippen molar-refractivity contribution in [3.63, 3.8) is 0 Å². The number of unbranched alkanes of at least 4 members (excludes halogenated alkanes) is 1. The van der Waals surface area contributed by atoms with E-state index in [1.165, 1.54) is 25.7 Å². The van der Waals surface area contributed by atoms with E-state index in [0.717, 1.165) is 31.4 Å². The average Bonchev–Trinajstić information content (AvgIpc) is 2.30. The molecule has 1 heterocycles. The second kappa shape index (κ2) is 7.67. The van der Waals surface area contributed by atoms with Crippen molar-refractivity contribution in [2.24, 2.45) is 5.41 Å². The van der Waals surface area contributed by atoms with E-state index in [1.54, 1.807) is 0 Å². The second-order valence-corrected chi connectivity index (χ2v) is 5.98. The summed E-state index contributed by atoms with van der Waals surface area (Å²) < 4.78 is 11.2. The standard InChI is InChI=1S/C13H25BrO2/c1-13(2,11-14)8-4-6-10-16-12-7-3-5-9-15-12/h12H,3-11H2,1-2H3. The molecule has 2 nitrogen and oxygen atoms in total. The summed E-state index contributed by atoms with van der Waals surface area (Å²) in [5.74, 6) is 0. The Bertz CT molecular complexity index is 177. The molecule has 0 aromatic carbocycles. The van der Waals surface area contributed by atoms with Gasteiger partial charge in [-0.2, -0.15) is 0 Å². The average molecular weight is 293 g/mol. The fourth-order valence-electron chi connectivity index (χ4n) is 1.83. The molecule has 16 heavy (non-hydrogen) atoms. The van der Waals surface area contributed by atoms with Gasteiger partial charge in [0.2, 0.25) is 0 Å². The largest absolute Gasteiger partial charge is 0.353 e. The van der Waals surface area contributed by atoms with Crippen LogP contribution < -0.4 is 0 Å². The van der Waals surface area contributed by atoms with Gasteiger partial charge in [0, 0.05) is 18.5 Å². The molecule has 0 saturated carbocycles. The molecule has 0 aromatic heterocycles. The Labute approximate surface area is 108 Å². The monoisotopic (exact) mass is 292 g/mol. The van der Waals surface area contributed by atoms with E-state index in [1.807, 2.05) is 0 Å². The summed E-state index contributed by atoms with van der Waals surface area (Å²) in [5.41, 5.74) is 0.418. The summed E-state index contributed by atoms with van der Waals surface area (Å²) in [6.07, 6.45) is 7.25. The van der Waals surface area contributed by atoms with E-state index in [-0.39, 0.29) is 6.29 Å². The van der Waals surface area contributed by atoms with Crippen molar-refractivity contribution < 1.29 is 9.47 Å². The number of alkyl halides is 1. The third kappa shape index (κ3) is 6.21. The van der Waals surface area contributed by atoms with Gasteiger partial charge in [-0.1, -0.05) is 36.2 Å². The van der Waals surface area contributed by atoms with Gasteiger partial charge in [-0.05, 0) is 37.5 Å². The van der Waals surface area contributed by atoms with E-state index in [4.69, 9.17) is 9.47 Å². The summed E-state index contributed by atoms with van der Waals surface area (Å²) in [7, 11) is 0. The van der Waals surface area contributed by atoms with E-state index in [2.05, 4.69) is 29.8 Å². The molecule has 0 aromatic rings. The highest BCUT2D eigenvalue weighted by atomic mass is 79.9. The van der Waals surface area contributed by atoms with Gasteiger partial charge in [0.15, 0.2) is 6.29 Å². The van der Waals surface area contributed by atoms with Gasteiger partial charge in [-0.25, -0.2) is 0 Å². The van der Waals surface area contributed by atoms with Gasteiger partial charge in [-0.15, -0.1) is 0 Å². The van der Waals surface area contributed by atoms with Crippen LogP contribution in [0.2, 0.25) is 0 Å². The zero-order valence-corrected chi connectivity index (χ0v) is 12.2. The number of ether oxygens (including phenoxy) is 2. The Morgan fingerprint density at radius 2 is 2.12 bits per heavy atom. The maximum absolute atomic E-state index is 5.70. The summed E-state index contributed by atoms with van der Waals surface area (Å²) in [5, 5.41) is 1.08. The van der Waals surface area contributed by atoms with Gasteiger partial charge < -0.3 is 9.47 Å². The topological polar surface area (TPSA) is 18.5 Å². The normalized spacial score (nSPS) is 22.3. The van der Waals surface area contributed by atoms with Crippen LogP contribution >= 0.6 is 15.9 Å². The molecule has 1 rings (SSSR count). The molecule has 0 bridgehead atoms. The maximum Gasteiger partial charge on any atom is 0.157 e.